The first kappa shape index (κ1) is 5.72. The van der Waals surface area contributed by atoms with Gasteiger partial charge in [-0.25, -0.2) is 0 Å². The Morgan fingerprint density at radius 2 is 2.10 bits per heavy atom. The third-order valence-electron chi connectivity index (χ3n) is 1.67. The van der Waals surface area contributed by atoms with Crippen LogP contribution in [0.2, 0.25) is 0 Å². The third-order valence-corrected chi connectivity index (χ3v) is 1.67. The summed E-state index contributed by atoms with van der Waals surface area (Å²) in [4.78, 5) is 0. The predicted molar refractivity (Wildman–Crippen MR) is 42.4 cm³/mol. The average Bonchev–Trinajstić information content (AvgIpc) is 2.05. The molecule has 0 saturated carbocycles. The Bertz CT molecular complexity index is 258. The first-order valence-corrected chi connectivity index (χ1v) is 3.46. The molecule has 0 heterocycles. The molecule has 0 aromatic heterocycles. The van der Waals surface area contributed by atoms with Crippen LogP contribution in [0.5, 0.6) is 0 Å². The molecular weight excluding hydrogens is 120 g/mol. The molecular formula is C10H8. The lowest BCUT2D eigenvalue weighted by molar-refractivity contribution is 1.22. The number of rotatable bonds is 0. The van der Waals surface area contributed by atoms with Crippen molar-refractivity contribution in [2.24, 2.45) is 0 Å². The summed E-state index contributed by atoms with van der Waals surface area (Å²) < 4.78 is 0. The van der Waals surface area contributed by atoms with Gasteiger partial charge in [0.05, 0.1) is 0 Å². The normalized spacial score (nSPS) is 14.8. The van der Waals surface area contributed by atoms with Gasteiger partial charge in [0, 0.05) is 6.42 Å². The summed E-state index contributed by atoms with van der Waals surface area (Å²) in [5.41, 5.74) is 2.53. The molecule has 1 aliphatic carbocycles. The molecule has 0 saturated heterocycles. The Kier molecular flexibility index (Phi) is 1.31. The fourth-order valence-corrected chi connectivity index (χ4v) is 1.16. The van der Waals surface area contributed by atoms with E-state index in [9.17, 15) is 0 Å². The molecule has 0 aliphatic heterocycles. The van der Waals surface area contributed by atoms with Gasteiger partial charge in [-0.05, 0) is 17.5 Å². The van der Waals surface area contributed by atoms with Gasteiger partial charge in [-0.2, -0.15) is 0 Å². The van der Waals surface area contributed by atoms with Crippen molar-refractivity contribution in [1.29, 1.82) is 0 Å². The van der Waals surface area contributed by atoms with Crippen LogP contribution in [0.4, 0.5) is 0 Å². The molecule has 0 unspecified atom stereocenters. The molecule has 1 aromatic rings. The van der Waals surface area contributed by atoms with E-state index < -0.39 is 0 Å². The minimum Gasteiger partial charge on any atom is -0.0830 e. The van der Waals surface area contributed by atoms with E-state index in [1.54, 1.807) is 0 Å². The topological polar surface area (TPSA) is 0 Å². The molecule has 0 heteroatoms. The van der Waals surface area contributed by atoms with E-state index in [4.69, 9.17) is 0 Å². The lowest BCUT2D eigenvalue weighted by Gasteiger charge is -2.06. The number of benzene rings is 1. The molecule has 0 N–H and O–H groups in total. The highest BCUT2D eigenvalue weighted by Gasteiger charge is 2.01. The molecule has 0 amide bonds. The van der Waals surface area contributed by atoms with Crippen molar-refractivity contribution in [3.05, 3.63) is 47.9 Å². The predicted octanol–water partition coefficient (Wildman–Crippen LogP) is 2.53. The van der Waals surface area contributed by atoms with E-state index in [0.29, 0.717) is 0 Å². The van der Waals surface area contributed by atoms with Gasteiger partial charge in [0.15, 0.2) is 0 Å². The first-order valence-electron chi connectivity index (χ1n) is 3.46. The summed E-state index contributed by atoms with van der Waals surface area (Å²) in [5, 5.41) is 0. The standard InChI is InChI=1S/C10H8/c1-2-6-10-8-4-3-7-9(10)5-1/h1-3,5-7H,4H2. The molecule has 0 atom stereocenters. The molecule has 10 heavy (non-hydrogen) atoms. The third kappa shape index (κ3) is 0.860. The quantitative estimate of drug-likeness (QED) is 0.503. The van der Waals surface area contributed by atoms with E-state index in [1.165, 1.54) is 11.1 Å². The van der Waals surface area contributed by atoms with Crippen LogP contribution in [-0.4, -0.2) is 0 Å². The van der Waals surface area contributed by atoms with Gasteiger partial charge in [-0.3, -0.25) is 0 Å². The lowest BCUT2D eigenvalue weighted by Crippen LogP contribution is -1.89. The van der Waals surface area contributed by atoms with Crippen LogP contribution in [0.25, 0.3) is 6.08 Å². The molecule has 2 rings (SSSR count). The lowest BCUT2D eigenvalue weighted by atomic mass is 9.98. The zero-order chi connectivity index (χ0) is 6.81. The van der Waals surface area contributed by atoms with E-state index in [-0.39, 0.29) is 0 Å². The Morgan fingerprint density at radius 1 is 1.20 bits per heavy atom. The zero-order valence-electron chi connectivity index (χ0n) is 5.67. The first-order chi connectivity index (χ1) is 4.97. The summed E-state index contributed by atoms with van der Waals surface area (Å²) >= 11 is 0. The van der Waals surface area contributed by atoms with Crippen molar-refractivity contribution in [2.75, 3.05) is 0 Å². The molecule has 1 aromatic carbocycles. The van der Waals surface area contributed by atoms with Gasteiger partial charge in [-0.15, -0.1) is 0 Å². The fraction of sp³-hybridized carbons (Fsp3) is 0.100. The Balaban J connectivity index is 2.54. The van der Waals surface area contributed by atoms with E-state index in [1.807, 2.05) is 6.07 Å². The van der Waals surface area contributed by atoms with Crippen LogP contribution in [0.15, 0.2) is 30.3 Å². The summed E-state index contributed by atoms with van der Waals surface area (Å²) in [7, 11) is 0. The van der Waals surface area contributed by atoms with Crippen LogP contribution in [0.1, 0.15) is 17.5 Å². The molecule has 0 bridgehead atoms. The minimum absolute atomic E-state index is 0.955. The van der Waals surface area contributed by atoms with Gasteiger partial charge < -0.3 is 0 Å². The number of fused-ring (bicyclic) bond motifs is 1. The maximum Gasteiger partial charge on any atom is 0.0211 e. The molecule has 0 fully saturated rings. The minimum atomic E-state index is 0.955. The Hall–Kier alpha value is -1.04. The zero-order valence-corrected chi connectivity index (χ0v) is 5.67. The maximum absolute atomic E-state index is 3.28. The maximum atomic E-state index is 3.28. The molecule has 0 nitrogen and oxygen atoms in total. The Morgan fingerprint density at radius 3 is 3.00 bits per heavy atom. The van der Waals surface area contributed by atoms with Crippen molar-refractivity contribution < 1.29 is 0 Å². The highest BCUT2D eigenvalue weighted by Crippen LogP contribution is 2.19. The van der Waals surface area contributed by atoms with Crippen molar-refractivity contribution in [1.82, 2.24) is 0 Å². The van der Waals surface area contributed by atoms with E-state index >= 15 is 0 Å². The highest BCUT2D eigenvalue weighted by atomic mass is 14.1. The van der Waals surface area contributed by atoms with E-state index in [2.05, 4.69) is 36.8 Å². The summed E-state index contributed by atoms with van der Waals surface area (Å²) in [6.07, 6.45) is 8.50. The molecule has 48 valence electrons. The average molecular weight is 128 g/mol. The molecule has 0 spiro atoms. The smallest absolute Gasteiger partial charge is 0.0211 e. The van der Waals surface area contributed by atoms with Gasteiger partial charge in [0.25, 0.3) is 0 Å². The summed E-state index contributed by atoms with van der Waals surface area (Å²) in [5.74, 6) is 0. The fourth-order valence-electron chi connectivity index (χ4n) is 1.16. The van der Waals surface area contributed by atoms with Crippen molar-refractivity contribution in [2.45, 2.75) is 6.42 Å². The number of hydrogen-bond donors (Lipinski definition) is 0. The highest BCUT2D eigenvalue weighted by molar-refractivity contribution is 5.58. The molecule has 1 aliphatic rings. The van der Waals surface area contributed by atoms with Crippen LogP contribution < -0.4 is 0 Å². The largest absolute Gasteiger partial charge is 0.0830 e. The number of hydrogen-bond acceptors (Lipinski definition) is 0. The SMILES string of the molecule is [C]1CC=Cc2ccccc21. The van der Waals surface area contributed by atoms with Gasteiger partial charge in [-0.1, -0.05) is 36.4 Å². The van der Waals surface area contributed by atoms with Gasteiger partial charge in [0.1, 0.15) is 0 Å². The van der Waals surface area contributed by atoms with Gasteiger partial charge >= 0.3 is 0 Å². The second-order valence-corrected chi connectivity index (χ2v) is 2.37. The number of allylic oxidation sites excluding steroid dienone is 1. The summed E-state index contributed by atoms with van der Waals surface area (Å²) in [6, 6.07) is 8.30. The van der Waals surface area contributed by atoms with Crippen LogP contribution >= 0.6 is 0 Å². The Labute approximate surface area is 61.2 Å². The second kappa shape index (κ2) is 2.30. The van der Waals surface area contributed by atoms with Crippen molar-refractivity contribution in [3.63, 3.8) is 0 Å². The van der Waals surface area contributed by atoms with Crippen LogP contribution in [0.3, 0.4) is 0 Å². The molecule has 2 radical (unpaired) electrons. The summed E-state index contributed by atoms with van der Waals surface area (Å²) in [6.45, 7) is 0. The van der Waals surface area contributed by atoms with Crippen LogP contribution in [0, 0.1) is 6.42 Å². The van der Waals surface area contributed by atoms with E-state index in [0.717, 1.165) is 6.42 Å². The second-order valence-electron chi connectivity index (χ2n) is 2.37. The van der Waals surface area contributed by atoms with Crippen LogP contribution in [-0.2, 0) is 0 Å². The van der Waals surface area contributed by atoms with Crippen molar-refractivity contribution in [3.8, 4) is 0 Å². The van der Waals surface area contributed by atoms with Crippen molar-refractivity contribution >= 4 is 6.08 Å². The monoisotopic (exact) mass is 128 g/mol. The van der Waals surface area contributed by atoms with Gasteiger partial charge in [0.2, 0.25) is 0 Å².